The minimum absolute atomic E-state index is 0.0910. The summed E-state index contributed by atoms with van der Waals surface area (Å²) in [5.74, 6) is -0.662. The first-order chi connectivity index (χ1) is 11.3. The van der Waals surface area contributed by atoms with Crippen LogP contribution < -0.4 is 0 Å². The zero-order valence-electron chi connectivity index (χ0n) is 15.0. The lowest BCUT2D eigenvalue weighted by molar-refractivity contribution is -0.148. The molecule has 3 atom stereocenters. The van der Waals surface area contributed by atoms with Gasteiger partial charge in [-0.25, -0.2) is 0 Å². The fraction of sp³-hybridized carbons (Fsp3) is 0.824. The lowest BCUT2D eigenvalue weighted by Gasteiger charge is -2.41. The highest BCUT2D eigenvalue weighted by atomic mass is 31.2. The molecule has 0 amide bonds. The molecule has 1 aliphatic rings. The van der Waals surface area contributed by atoms with Crippen molar-refractivity contribution in [2.75, 3.05) is 26.5 Å². The highest BCUT2D eigenvalue weighted by Gasteiger charge is 2.46. The Kier molecular flexibility index (Phi) is 8.65. The number of rotatable bonds is 10. The maximum atomic E-state index is 12.9. The number of aliphatic hydroxyl groups is 1. The van der Waals surface area contributed by atoms with Crippen molar-refractivity contribution >= 4 is 13.6 Å². The molecule has 0 aromatic rings. The van der Waals surface area contributed by atoms with E-state index in [0.717, 1.165) is 19.3 Å². The first-order valence-corrected chi connectivity index (χ1v) is 10.4. The van der Waals surface area contributed by atoms with Crippen molar-refractivity contribution in [1.29, 1.82) is 0 Å². The Morgan fingerprint density at radius 2 is 1.96 bits per heavy atom. The van der Waals surface area contributed by atoms with Gasteiger partial charge >= 0.3 is 13.6 Å². The highest BCUT2D eigenvalue weighted by Crippen LogP contribution is 2.54. The van der Waals surface area contributed by atoms with Gasteiger partial charge in [0.2, 0.25) is 0 Å². The van der Waals surface area contributed by atoms with Crippen LogP contribution in [0.5, 0.6) is 0 Å². The second-order valence-corrected chi connectivity index (χ2v) is 8.34. The summed E-state index contributed by atoms with van der Waals surface area (Å²) in [6.45, 7) is 7.69. The van der Waals surface area contributed by atoms with Gasteiger partial charge in [0.15, 0.2) is 0 Å². The van der Waals surface area contributed by atoms with Gasteiger partial charge in [0, 0.05) is 0 Å². The number of esters is 1. The Morgan fingerprint density at radius 3 is 2.46 bits per heavy atom. The quantitative estimate of drug-likeness (QED) is 0.364. The normalized spacial score (nSPS) is 24.2. The van der Waals surface area contributed by atoms with Crippen molar-refractivity contribution < 1.29 is 28.3 Å². The molecule has 1 rings (SSSR count). The highest BCUT2D eigenvalue weighted by molar-refractivity contribution is 7.53. The lowest BCUT2D eigenvalue weighted by atomic mass is 9.72. The molecule has 0 saturated heterocycles. The van der Waals surface area contributed by atoms with Crippen LogP contribution in [-0.4, -0.2) is 43.2 Å². The van der Waals surface area contributed by atoms with Crippen LogP contribution in [0.2, 0.25) is 0 Å². The van der Waals surface area contributed by atoms with Crippen LogP contribution in [0.15, 0.2) is 12.7 Å². The van der Waals surface area contributed by atoms with Crippen LogP contribution in [-0.2, 0) is 23.1 Å². The van der Waals surface area contributed by atoms with Gasteiger partial charge in [0.05, 0.1) is 38.0 Å². The van der Waals surface area contributed by atoms with Crippen LogP contribution in [0.1, 0.15) is 46.0 Å². The molecule has 0 radical (unpaired) electrons. The second kappa shape index (κ2) is 9.71. The molecule has 1 saturated carbocycles. The van der Waals surface area contributed by atoms with Crippen molar-refractivity contribution in [3.05, 3.63) is 12.7 Å². The second-order valence-electron chi connectivity index (χ2n) is 6.28. The Balaban J connectivity index is 2.98. The van der Waals surface area contributed by atoms with E-state index in [0.29, 0.717) is 6.42 Å². The van der Waals surface area contributed by atoms with Gasteiger partial charge in [0.1, 0.15) is 0 Å². The van der Waals surface area contributed by atoms with Crippen LogP contribution in [0.25, 0.3) is 0 Å². The maximum Gasteiger partial charge on any atom is 0.333 e. The Labute approximate surface area is 145 Å². The predicted molar refractivity (Wildman–Crippen MR) is 93.0 cm³/mol. The van der Waals surface area contributed by atoms with Crippen LogP contribution in [0.4, 0.5) is 0 Å². The molecule has 7 heteroatoms. The molecule has 1 fully saturated rings. The molecule has 0 aromatic heterocycles. The molecule has 24 heavy (non-hydrogen) atoms. The van der Waals surface area contributed by atoms with E-state index in [9.17, 15) is 14.5 Å². The van der Waals surface area contributed by atoms with Gasteiger partial charge in [-0.05, 0) is 45.4 Å². The molecule has 1 aliphatic carbocycles. The summed E-state index contributed by atoms with van der Waals surface area (Å²) < 4.78 is 28.4. The zero-order chi connectivity index (χ0) is 18.2. The number of carbonyl (C=O) groups excluding carboxylic acids is 1. The number of ether oxygens (including phenoxy) is 1. The van der Waals surface area contributed by atoms with E-state index in [1.165, 1.54) is 7.11 Å². The van der Waals surface area contributed by atoms with E-state index in [1.807, 2.05) is 0 Å². The summed E-state index contributed by atoms with van der Waals surface area (Å²) in [4.78, 5) is 11.9. The summed E-state index contributed by atoms with van der Waals surface area (Å²) in [7, 11) is -2.03. The van der Waals surface area contributed by atoms with E-state index in [2.05, 4.69) is 6.58 Å². The molecule has 0 heterocycles. The standard InChI is InChI=1S/C17H31O6P/c1-5-11-17(19,13-24(20,22-6-2)23-7-3)15-10-8-9-14(12-15)16(18)21-4/h5,14-15,19H,1,6-13H2,2-4H3. The Morgan fingerprint density at radius 1 is 1.33 bits per heavy atom. The SMILES string of the molecule is C=CCC(O)(CP(=O)(OCC)OCC)C1CCCC(C(=O)OC)C1. The van der Waals surface area contributed by atoms with Gasteiger partial charge in [-0.15, -0.1) is 6.58 Å². The summed E-state index contributed by atoms with van der Waals surface area (Å²) in [6.07, 6.45) is 4.64. The molecular weight excluding hydrogens is 331 g/mol. The number of hydrogen-bond acceptors (Lipinski definition) is 6. The summed E-state index contributed by atoms with van der Waals surface area (Å²) in [5, 5.41) is 11.2. The number of hydrogen-bond donors (Lipinski definition) is 1. The van der Waals surface area contributed by atoms with Gasteiger partial charge in [-0.2, -0.15) is 0 Å². The van der Waals surface area contributed by atoms with E-state index in [4.69, 9.17) is 13.8 Å². The smallest absolute Gasteiger partial charge is 0.333 e. The first-order valence-electron chi connectivity index (χ1n) is 8.63. The minimum atomic E-state index is -3.40. The van der Waals surface area contributed by atoms with Gasteiger partial charge in [-0.3, -0.25) is 9.36 Å². The summed E-state index contributed by atoms with van der Waals surface area (Å²) in [6, 6.07) is 0. The Bertz CT molecular complexity index is 456. The Hall–Kier alpha value is -0.680. The molecule has 140 valence electrons. The third kappa shape index (κ3) is 5.69. The van der Waals surface area contributed by atoms with E-state index >= 15 is 0 Å². The zero-order valence-corrected chi connectivity index (χ0v) is 15.9. The molecule has 3 unspecified atom stereocenters. The summed E-state index contributed by atoms with van der Waals surface area (Å²) >= 11 is 0. The number of carbonyl (C=O) groups is 1. The maximum absolute atomic E-state index is 12.9. The van der Waals surface area contributed by atoms with Gasteiger partial charge in [-0.1, -0.05) is 12.5 Å². The van der Waals surface area contributed by atoms with E-state index < -0.39 is 13.2 Å². The van der Waals surface area contributed by atoms with Crippen molar-refractivity contribution in [3.63, 3.8) is 0 Å². The largest absolute Gasteiger partial charge is 0.469 e. The van der Waals surface area contributed by atoms with Crippen LogP contribution in [0.3, 0.4) is 0 Å². The summed E-state index contributed by atoms with van der Waals surface area (Å²) in [5.41, 5.74) is -1.27. The molecule has 0 spiro atoms. The van der Waals surface area contributed by atoms with Crippen molar-refractivity contribution in [1.82, 2.24) is 0 Å². The van der Waals surface area contributed by atoms with E-state index in [1.54, 1.807) is 19.9 Å². The minimum Gasteiger partial charge on any atom is -0.469 e. The van der Waals surface area contributed by atoms with E-state index in [-0.39, 0.29) is 43.6 Å². The molecule has 0 aliphatic heterocycles. The monoisotopic (exact) mass is 362 g/mol. The van der Waals surface area contributed by atoms with Crippen molar-refractivity contribution in [3.8, 4) is 0 Å². The fourth-order valence-corrected chi connectivity index (χ4v) is 5.63. The predicted octanol–water partition coefficient (Wildman–Crippen LogP) is 3.54. The molecule has 0 aromatic carbocycles. The lowest BCUT2D eigenvalue weighted by Crippen LogP contribution is -2.44. The van der Waals surface area contributed by atoms with Gasteiger partial charge in [0.25, 0.3) is 0 Å². The van der Waals surface area contributed by atoms with Gasteiger partial charge < -0.3 is 18.9 Å². The molecule has 6 nitrogen and oxygen atoms in total. The van der Waals surface area contributed by atoms with Crippen LogP contribution in [0, 0.1) is 11.8 Å². The first kappa shape index (κ1) is 21.4. The van der Waals surface area contributed by atoms with Crippen LogP contribution >= 0.6 is 7.60 Å². The third-order valence-corrected chi connectivity index (χ3v) is 6.82. The third-order valence-electron chi connectivity index (χ3n) is 4.59. The van der Waals surface area contributed by atoms with Crippen molar-refractivity contribution in [2.24, 2.45) is 11.8 Å². The molecule has 1 N–H and O–H groups in total. The average Bonchev–Trinajstić information content (AvgIpc) is 2.54. The molecule has 0 bridgehead atoms. The fourth-order valence-electron chi connectivity index (χ4n) is 3.53. The average molecular weight is 362 g/mol. The molecular formula is C17H31O6P. The number of methoxy groups -OCH3 is 1. The van der Waals surface area contributed by atoms with Crippen molar-refractivity contribution in [2.45, 2.75) is 51.6 Å². The topological polar surface area (TPSA) is 82.1 Å².